The van der Waals surface area contributed by atoms with Gasteiger partial charge in [-0.15, -0.1) is 11.8 Å². The molecule has 0 aromatic carbocycles. The number of rotatable bonds is 10. The van der Waals surface area contributed by atoms with Crippen molar-refractivity contribution in [3.63, 3.8) is 0 Å². The second-order valence-corrected chi connectivity index (χ2v) is 9.03. The topological polar surface area (TPSA) is 46.2 Å². The quantitative estimate of drug-likeness (QED) is 0.443. The lowest BCUT2D eigenvalue weighted by Crippen LogP contribution is -2.30. The summed E-state index contributed by atoms with van der Waals surface area (Å²) < 4.78 is 1.08. The number of thioether (sulfide) groups is 2. The van der Waals surface area contributed by atoms with Gasteiger partial charge < -0.3 is 10.1 Å². The van der Waals surface area contributed by atoms with E-state index >= 15 is 0 Å². The molecule has 0 radical (unpaired) electrons. The number of carbonyl (C=O) groups excluding carboxylic acids is 2. The third-order valence-electron chi connectivity index (χ3n) is 4.47. The van der Waals surface area contributed by atoms with E-state index in [-0.39, 0.29) is 11.3 Å². The molecule has 1 fully saturated rings. The Morgan fingerprint density at radius 1 is 1.26 bits per heavy atom. The van der Waals surface area contributed by atoms with Gasteiger partial charge in [0.15, 0.2) is 0 Å². The molecular formula is C18H31NO2S2. The Morgan fingerprint density at radius 2 is 1.96 bits per heavy atom. The van der Waals surface area contributed by atoms with Gasteiger partial charge in [-0.2, -0.15) is 0 Å². The zero-order valence-electron chi connectivity index (χ0n) is 14.7. The highest BCUT2D eigenvalue weighted by atomic mass is 32.2. The summed E-state index contributed by atoms with van der Waals surface area (Å²) in [6.45, 7) is 6.26. The summed E-state index contributed by atoms with van der Waals surface area (Å²) in [5.41, 5.74) is 0. The molecule has 1 saturated carbocycles. The van der Waals surface area contributed by atoms with E-state index in [4.69, 9.17) is 0 Å². The molecule has 2 unspecified atom stereocenters. The van der Waals surface area contributed by atoms with Gasteiger partial charge in [-0.05, 0) is 32.1 Å². The zero-order valence-corrected chi connectivity index (χ0v) is 16.3. The van der Waals surface area contributed by atoms with Gasteiger partial charge in [0.1, 0.15) is 6.29 Å². The molecule has 2 atom stereocenters. The summed E-state index contributed by atoms with van der Waals surface area (Å²) in [5.74, 6) is 2.08. The molecule has 132 valence electrons. The largest absolute Gasteiger partial charge is 0.344 e. The maximum atomic E-state index is 12.1. The minimum atomic E-state index is 0.0397. The highest BCUT2D eigenvalue weighted by Gasteiger charge is 2.21. The fourth-order valence-electron chi connectivity index (χ4n) is 3.10. The normalized spacial score (nSPS) is 19.2. The molecule has 0 aromatic rings. The Balaban J connectivity index is 2.25. The predicted molar refractivity (Wildman–Crippen MR) is 102 cm³/mol. The van der Waals surface area contributed by atoms with E-state index in [1.807, 2.05) is 19.9 Å². The first-order valence-electron chi connectivity index (χ1n) is 8.75. The number of allylic oxidation sites excluding steroid dienone is 1. The standard InChI is InChI=1S/C18H31NO2S2/c1-4-18(22-13-12-20)23-15(3)19-17(21)11-10-14(2)16-8-6-5-7-9-16/h4,12,14-16H,5-11,13H2,1-3H3,(H,19,21)/b18-4-. The van der Waals surface area contributed by atoms with Gasteiger partial charge in [-0.25, -0.2) is 0 Å². The van der Waals surface area contributed by atoms with Crippen LogP contribution in [0.3, 0.4) is 0 Å². The fraction of sp³-hybridized carbons (Fsp3) is 0.778. The van der Waals surface area contributed by atoms with Crippen molar-refractivity contribution in [1.82, 2.24) is 5.32 Å². The van der Waals surface area contributed by atoms with Crippen LogP contribution >= 0.6 is 23.5 Å². The Hall–Kier alpha value is -0.420. The average molecular weight is 358 g/mol. The maximum Gasteiger partial charge on any atom is 0.220 e. The van der Waals surface area contributed by atoms with Crippen molar-refractivity contribution >= 4 is 35.7 Å². The second-order valence-electron chi connectivity index (χ2n) is 6.33. The van der Waals surface area contributed by atoms with Crippen molar-refractivity contribution in [3.8, 4) is 0 Å². The van der Waals surface area contributed by atoms with Gasteiger partial charge in [0.2, 0.25) is 5.91 Å². The van der Waals surface area contributed by atoms with Gasteiger partial charge >= 0.3 is 0 Å². The van der Waals surface area contributed by atoms with Crippen LogP contribution < -0.4 is 5.32 Å². The summed E-state index contributed by atoms with van der Waals surface area (Å²) in [7, 11) is 0. The van der Waals surface area contributed by atoms with Crippen molar-refractivity contribution in [2.45, 2.75) is 71.1 Å². The molecule has 1 rings (SSSR count). The lowest BCUT2D eigenvalue weighted by molar-refractivity contribution is -0.121. The SMILES string of the molecule is C/C=C(/SCC=O)SC(C)NC(=O)CCC(C)C1CCCCC1. The number of nitrogens with one attached hydrogen (secondary N) is 1. The van der Waals surface area contributed by atoms with E-state index in [1.165, 1.54) is 43.9 Å². The zero-order chi connectivity index (χ0) is 17.1. The van der Waals surface area contributed by atoms with Gasteiger partial charge in [-0.1, -0.05) is 56.9 Å². The second kappa shape index (κ2) is 12.0. The Labute approximate surface area is 149 Å². The van der Waals surface area contributed by atoms with Crippen LogP contribution in [0.5, 0.6) is 0 Å². The molecule has 5 heteroatoms. The summed E-state index contributed by atoms with van der Waals surface area (Å²) in [4.78, 5) is 22.6. The first-order chi connectivity index (χ1) is 11.1. The highest BCUT2D eigenvalue weighted by molar-refractivity contribution is 8.22. The first kappa shape index (κ1) is 20.6. The van der Waals surface area contributed by atoms with E-state index in [9.17, 15) is 9.59 Å². The third-order valence-corrected chi connectivity index (χ3v) is 6.87. The number of carbonyl (C=O) groups is 2. The van der Waals surface area contributed by atoms with Gasteiger partial charge in [0.25, 0.3) is 0 Å². The van der Waals surface area contributed by atoms with Crippen molar-refractivity contribution in [3.05, 3.63) is 10.3 Å². The minimum Gasteiger partial charge on any atom is -0.344 e. The van der Waals surface area contributed by atoms with Crippen molar-refractivity contribution in [2.75, 3.05) is 5.75 Å². The molecule has 1 aliphatic carbocycles. The average Bonchev–Trinajstić information content (AvgIpc) is 2.57. The molecule has 23 heavy (non-hydrogen) atoms. The van der Waals surface area contributed by atoms with Crippen LogP contribution in [0.25, 0.3) is 0 Å². The molecule has 0 spiro atoms. The summed E-state index contributed by atoms with van der Waals surface area (Å²) in [5, 5.41) is 3.10. The lowest BCUT2D eigenvalue weighted by atomic mass is 9.79. The van der Waals surface area contributed by atoms with Crippen LogP contribution in [-0.4, -0.2) is 23.3 Å². The molecule has 0 aromatic heterocycles. The van der Waals surface area contributed by atoms with Crippen LogP contribution in [0.15, 0.2) is 10.3 Å². The van der Waals surface area contributed by atoms with Crippen LogP contribution in [-0.2, 0) is 9.59 Å². The van der Waals surface area contributed by atoms with Crippen LogP contribution in [0, 0.1) is 11.8 Å². The molecule has 0 aliphatic heterocycles. The van der Waals surface area contributed by atoms with E-state index in [0.29, 0.717) is 18.1 Å². The summed E-state index contributed by atoms with van der Waals surface area (Å²) in [6, 6.07) is 0. The van der Waals surface area contributed by atoms with E-state index in [0.717, 1.165) is 22.9 Å². The molecule has 3 nitrogen and oxygen atoms in total. The number of aldehydes is 1. The molecule has 0 bridgehead atoms. The van der Waals surface area contributed by atoms with Crippen molar-refractivity contribution in [1.29, 1.82) is 0 Å². The number of hydrogen-bond donors (Lipinski definition) is 1. The highest BCUT2D eigenvalue weighted by Crippen LogP contribution is 2.32. The molecule has 1 N–H and O–H groups in total. The summed E-state index contributed by atoms with van der Waals surface area (Å²) >= 11 is 3.13. The van der Waals surface area contributed by atoms with Crippen LogP contribution in [0.4, 0.5) is 0 Å². The molecule has 0 heterocycles. The smallest absolute Gasteiger partial charge is 0.220 e. The van der Waals surface area contributed by atoms with Crippen LogP contribution in [0.2, 0.25) is 0 Å². The third kappa shape index (κ3) is 8.85. The first-order valence-corrected chi connectivity index (χ1v) is 10.6. The summed E-state index contributed by atoms with van der Waals surface area (Å²) in [6.07, 6.45) is 11.3. The monoisotopic (exact) mass is 357 g/mol. The van der Waals surface area contributed by atoms with E-state index in [1.54, 1.807) is 11.8 Å². The Morgan fingerprint density at radius 3 is 2.57 bits per heavy atom. The van der Waals surface area contributed by atoms with E-state index in [2.05, 4.69) is 12.2 Å². The van der Waals surface area contributed by atoms with E-state index < -0.39 is 0 Å². The predicted octanol–water partition coefficient (Wildman–Crippen LogP) is 4.97. The lowest BCUT2D eigenvalue weighted by Gasteiger charge is -2.27. The fourth-order valence-corrected chi connectivity index (χ4v) is 5.08. The minimum absolute atomic E-state index is 0.0397. The number of hydrogen-bond acceptors (Lipinski definition) is 4. The van der Waals surface area contributed by atoms with Crippen molar-refractivity contribution in [2.24, 2.45) is 11.8 Å². The molecule has 1 aliphatic rings. The Bertz CT molecular complexity index is 392. The number of amides is 1. The van der Waals surface area contributed by atoms with Gasteiger partial charge in [-0.3, -0.25) is 4.79 Å². The van der Waals surface area contributed by atoms with Crippen LogP contribution in [0.1, 0.15) is 65.7 Å². The maximum absolute atomic E-state index is 12.1. The van der Waals surface area contributed by atoms with Gasteiger partial charge in [0.05, 0.1) is 11.1 Å². The molecule has 0 saturated heterocycles. The molecular weight excluding hydrogens is 326 g/mol. The molecule has 1 amide bonds. The van der Waals surface area contributed by atoms with Gasteiger partial charge in [0, 0.05) is 10.7 Å². The van der Waals surface area contributed by atoms with Crippen molar-refractivity contribution < 1.29 is 9.59 Å². The Kier molecular flexibility index (Phi) is 10.8.